The molecule has 1 saturated heterocycles. The van der Waals surface area contributed by atoms with E-state index in [4.69, 9.17) is 30.0 Å². The van der Waals surface area contributed by atoms with E-state index in [2.05, 4.69) is 21.2 Å². The molecule has 1 aliphatic heterocycles. The van der Waals surface area contributed by atoms with E-state index in [0.717, 1.165) is 11.3 Å². The lowest BCUT2D eigenvalue weighted by atomic mass is 10.1. The number of carbonyl (C=O) groups is 3. The van der Waals surface area contributed by atoms with Gasteiger partial charge in [-0.1, -0.05) is 24.6 Å². The maximum atomic E-state index is 13.5. The molecule has 0 radical (unpaired) electrons. The van der Waals surface area contributed by atoms with Gasteiger partial charge in [0.25, 0.3) is 11.8 Å². The van der Waals surface area contributed by atoms with Crippen LogP contribution < -0.4 is 23.7 Å². The van der Waals surface area contributed by atoms with Crippen LogP contribution in [0.1, 0.15) is 38.3 Å². The Labute approximate surface area is 274 Å². The number of barbiturate groups is 1. The summed E-state index contributed by atoms with van der Waals surface area (Å²) in [4.78, 5) is 39.8. The van der Waals surface area contributed by atoms with Crippen LogP contribution in [-0.4, -0.2) is 51.0 Å². The number of amides is 4. The number of ether oxygens (including phenoxy) is 3. The number of halogens is 2. The third kappa shape index (κ3) is 8.16. The van der Waals surface area contributed by atoms with Crippen LogP contribution in [0, 0.1) is 0 Å². The molecule has 0 bridgehead atoms. The quantitative estimate of drug-likeness (QED) is 0.126. The van der Waals surface area contributed by atoms with E-state index >= 15 is 0 Å². The van der Waals surface area contributed by atoms with E-state index in [1.54, 1.807) is 25.1 Å². The van der Waals surface area contributed by atoms with Crippen molar-refractivity contribution in [2.75, 3.05) is 19.8 Å². The van der Waals surface area contributed by atoms with Crippen molar-refractivity contribution in [3.05, 3.63) is 80.8 Å². The number of rotatable bonds is 13. The Bertz CT molecular complexity index is 1740. The first kappa shape index (κ1) is 33.8. The molecule has 14 heteroatoms. The second-order valence-corrected chi connectivity index (χ2v) is 12.4. The van der Waals surface area contributed by atoms with Crippen molar-refractivity contribution in [1.82, 2.24) is 10.2 Å². The monoisotopic (exact) mass is 720 g/mol. The molecule has 1 aliphatic rings. The Kier molecular flexibility index (Phi) is 11.1. The average Bonchev–Trinajstić information content (AvgIpc) is 2.99. The zero-order valence-corrected chi connectivity index (χ0v) is 27.8. The predicted octanol–water partition coefficient (Wildman–Crippen LogP) is 6.12. The Morgan fingerprint density at radius 2 is 1.58 bits per heavy atom. The fourth-order valence-corrected chi connectivity index (χ4v) is 5.94. The molecular weight excluding hydrogens is 692 g/mol. The van der Waals surface area contributed by atoms with E-state index in [0.29, 0.717) is 40.9 Å². The number of hydrogen-bond acceptors (Lipinski definition) is 9. The number of nitrogens with zero attached hydrogens (tertiary/aromatic N) is 1. The van der Waals surface area contributed by atoms with Crippen LogP contribution in [-0.2, 0) is 26.3 Å². The normalized spacial score (nSPS) is 14.4. The van der Waals surface area contributed by atoms with Crippen LogP contribution in [0.15, 0.2) is 69.5 Å². The maximum absolute atomic E-state index is 13.5. The molecule has 45 heavy (non-hydrogen) atoms. The summed E-state index contributed by atoms with van der Waals surface area (Å²) < 4.78 is 48.5. The molecule has 4 amide bonds. The summed E-state index contributed by atoms with van der Waals surface area (Å²) in [6, 6.07) is 12.5. The summed E-state index contributed by atoms with van der Waals surface area (Å²) >= 11 is 9.19. The Morgan fingerprint density at radius 3 is 2.24 bits per heavy atom. The standard InChI is InChI=1S/C31H30BrClN2O9S/c1-4-13-43-25-12-7-19(16-26(25)41-5-2)18-35-30(37)23(29(36)34-31(35)38)14-20-15-24(32)28(27(17-20)42-6-3)44-45(39,40)22-10-8-21(33)9-11-22/h7-12,14-17H,4-6,13,18H2,1-3H3,(H,34,36,38)/b23-14+. The van der Waals surface area contributed by atoms with Crippen molar-refractivity contribution in [1.29, 1.82) is 0 Å². The number of carbonyl (C=O) groups excluding carboxylic acids is 3. The van der Waals surface area contributed by atoms with Gasteiger partial charge in [-0.25, -0.2) is 4.79 Å². The number of benzene rings is 3. The summed E-state index contributed by atoms with van der Waals surface area (Å²) in [5.74, 6) is -0.819. The molecule has 1 heterocycles. The third-order valence-electron chi connectivity index (χ3n) is 6.23. The van der Waals surface area contributed by atoms with Crippen molar-refractivity contribution in [3.8, 4) is 23.0 Å². The Morgan fingerprint density at radius 1 is 0.889 bits per heavy atom. The Hall–Kier alpha value is -4.07. The number of hydrogen-bond donors (Lipinski definition) is 1. The van der Waals surface area contributed by atoms with Gasteiger partial charge in [0.1, 0.15) is 10.5 Å². The Balaban J connectivity index is 1.64. The van der Waals surface area contributed by atoms with Crippen LogP contribution in [0.3, 0.4) is 0 Å². The maximum Gasteiger partial charge on any atom is 0.339 e. The van der Waals surface area contributed by atoms with Crippen LogP contribution >= 0.6 is 27.5 Å². The molecule has 3 aromatic rings. The van der Waals surface area contributed by atoms with Crippen molar-refractivity contribution < 1.29 is 41.2 Å². The van der Waals surface area contributed by atoms with Crippen LogP contribution in [0.25, 0.3) is 6.08 Å². The third-order valence-corrected chi connectivity index (χ3v) is 8.31. The van der Waals surface area contributed by atoms with Gasteiger partial charge in [-0.3, -0.25) is 19.8 Å². The predicted molar refractivity (Wildman–Crippen MR) is 170 cm³/mol. The molecule has 0 spiro atoms. The van der Waals surface area contributed by atoms with Crippen molar-refractivity contribution >= 4 is 61.6 Å². The number of imide groups is 2. The van der Waals surface area contributed by atoms with Crippen molar-refractivity contribution in [2.24, 2.45) is 0 Å². The van der Waals surface area contributed by atoms with Crippen LogP contribution in [0.4, 0.5) is 4.79 Å². The van der Waals surface area contributed by atoms with E-state index < -0.39 is 28.0 Å². The van der Waals surface area contributed by atoms with E-state index in [9.17, 15) is 22.8 Å². The summed E-state index contributed by atoms with van der Waals surface area (Å²) in [6.07, 6.45) is 2.08. The average molecular weight is 722 g/mol. The SMILES string of the molecule is CCCOc1ccc(CN2C(=O)NC(=O)/C(=C\c3cc(Br)c(OS(=O)(=O)c4ccc(Cl)cc4)c(OCC)c3)C2=O)cc1OCC. The molecule has 0 aromatic heterocycles. The number of urea groups is 1. The fourth-order valence-electron chi connectivity index (χ4n) is 4.21. The first-order valence-corrected chi connectivity index (χ1v) is 16.5. The molecule has 0 saturated carbocycles. The zero-order chi connectivity index (χ0) is 32.7. The van der Waals surface area contributed by atoms with Gasteiger partial charge < -0.3 is 18.4 Å². The van der Waals surface area contributed by atoms with Crippen LogP contribution in [0.2, 0.25) is 5.02 Å². The molecular formula is C31H30BrClN2O9S. The highest BCUT2D eigenvalue weighted by Crippen LogP contribution is 2.39. The minimum absolute atomic E-state index is 0.0293. The molecule has 0 aliphatic carbocycles. The second kappa shape index (κ2) is 14.8. The van der Waals surface area contributed by atoms with Gasteiger partial charge in [0.15, 0.2) is 23.0 Å². The lowest BCUT2D eigenvalue weighted by molar-refractivity contribution is -0.130. The second-order valence-electron chi connectivity index (χ2n) is 9.53. The van der Waals surface area contributed by atoms with Gasteiger partial charge in [0, 0.05) is 5.02 Å². The molecule has 0 unspecified atom stereocenters. The summed E-state index contributed by atoms with van der Waals surface area (Å²) in [7, 11) is -4.27. The molecule has 3 aromatic carbocycles. The summed E-state index contributed by atoms with van der Waals surface area (Å²) in [5, 5.41) is 2.55. The van der Waals surface area contributed by atoms with Gasteiger partial charge >= 0.3 is 16.1 Å². The van der Waals surface area contributed by atoms with E-state index in [-0.39, 0.29) is 39.6 Å². The molecule has 238 valence electrons. The highest BCUT2D eigenvalue weighted by atomic mass is 79.9. The molecule has 1 N–H and O–H groups in total. The van der Waals surface area contributed by atoms with Gasteiger partial charge in [-0.2, -0.15) is 8.42 Å². The minimum atomic E-state index is -4.27. The fraction of sp³-hybridized carbons (Fsp3) is 0.258. The summed E-state index contributed by atoms with van der Waals surface area (Å²) in [6.45, 7) is 6.38. The summed E-state index contributed by atoms with van der Waals surface area (Å²) in [5.41, 5.74) is 0.550. The van der Waals surface area contributed by atoms with Gasteiger partial charge in [0.2, 0.25) is 0 Å². The topological polar surface area (TPSA) is 138 Å². The van der Waals surface area contributed by atoms with E-state index in [1.165, 1.54) is 42.5 Å². The smallest absolute Gasteiger partial charge is 0.339 e. The van der Waals surface area contributed by atoms with Gasteiger partial charge in [-0.15, -0.1) is 0 Å². The molecule has 11 nitrogen and oxygen atoms in total. The minimum Gasteiger partial charge on any atom is -0.490 e. The lowest BCUT2D eigenvalue weighted by Crippen LogP contribution is -2.53. The van der Waals surface area contributed by atoms with E-state index in [1.807, 2.05) is 13.8 Å². The van der Waals surface area contributed by atoms with Gasteiger partial charge in [-0.05, 0) is 102 Å². The molecule has 4 rings (SSSR count). The zero-order valence-electron chi connectivity index (χ0n) is 24.6. The first-order valence-electron chi connectivity index (χ1n) is 13.9. The largest absolute Gasteiger partial charge is 0.490 e. The highest BCUT2D eigenvalue weighted by Gasteiger charge is 2.36. The number of nitrogens with one attached hydrogen (secondary N) is 1. The molecule has 1 fully saturated rings. The molecule has 0 atom stereocenters. The highest BCUT2D eigenvalue weighted by molar-refractivity contribution is 9.10. The first-order chi connectivity index (χ1) is 21.5. The van der Waals surface area contributed by atoms with Gasteiger partial charge in [0.05, 0.1) is 30.8 Å². The lowest BCUT2D eigenvalue weighted by Gasteiger charge is -2.26. The van der Waals surface area contributed by atoms with Crippen LogP contribution in [0.5, 0.6) is 23.0 Å². The van der Waals surface area contributed by atoms with Crippen molar-refractivity contribution in [2.45, 2.75) is 38.6 Å². The van der Waals surface area contributed by atoms with Crippen molar-refractivity contribution in [3.63, 3.8) is 0 Å².